The number of aromatic nitrogens is 2. The molecule has 0 fully saturated rings. The summed E-state index contributed by atoms with van der Waals surface area (Å²) in [4.78, 5) is 6.39. The third-order valence-corrected chi connectivity index (χ3v) is 10.9. The lowest BCUT2D eigenvalue weighted by molar-refractivity contribution is 0.472. The molecule has 0 radical (unpaired) electrons. The Morgan fingerprint density at radius 3 is 2.06 bits per heavy atom. The van der Waals surface area contributed by atoms with E-state index in [1.165, 1.54) is 35.6 Å². The zero-order valence-electron chi connectivity index (χ0n) is 18.9. The van der Waals surface area contributed by atoms with Crippen LogP contribution in [-0.2, 0) is 35.0 Å². The summed E-state index contributed by atoms with van der Waals surface area (Å²) in [6.45, 7) is 0.545. The largest absolute Gasteiger partial charge is 0.344 e. The second kappa shape index (κ2) is 10.1. The normalized spacial score (nSPS) is 12.5. The minimum absolute atomic E-state index is 0. The number of nitrogens with zero attached hydrogens (tertiary/aromatic N) is 4. The van der Waals surface area contributed by atoms with Gasteiger partial charge in [0.15, 0.2) is 0 Å². The van der Waals surface area contributed by atoms with Gasteiger partial charge in [0.2, 0.25) is 16.0 Å². The third-order valence-electron chi connectivity index (χ3n) is 5.06. The molecule has 0 spiro atoms. The van der Waals surface area contributed by atoms with Crippen molar-refractivity contribution in [3.8, 4) is 0 Å². The summed E-state index contributed by atoms with van der Waals surface area (Å²) in [5.74, 6) is 0.699. The highest BCUT2D eigenvalue weighted by Gasteiger charge is 2.25. The number of aryl methyl sites for hydroxylation is 1. The van der Waals surface area contributed by atoms with Crippen LogP contribution in [0.1, 0.15) is 0 Å². The lowest BCUT2D eigenvalue weighted by atomic mass is 10.3. The molecule has 3 rings (SSSR count). The lowest BCUT2D eigenvalue weighted by Gasteiger charge is -2.23. The molecule has 11 nitrogen and oxygen atoms in total. The number of hydrogen-bond donors (Lipinski definition) is 1. The SMILES string of the molecule is CN(CCN(C)S(=O)(=O)c1ccc(NS(=O)(=O)S(C)(=O)=O)cc1)c1nc2ccccc2n1C.Cl. The minimum Gasteiger partial charge on any atom is -0.344 e. The highest BCUT2D eigenvalue weighted by atomic mass is 35.5. The first kappa shape index (κ1) is 27.9. The van der Waals surface area contributed by atoms with Crippen LogP contribution in [0.5, 0.6) is 0 Å². The summed E-state index contributed by atoms with van der Waals surface area (Å²) in [7, 11) is -7.70. The van der Waals surface area contributed by atoms with Gasteiger partial charge >= 0.3 is 9.06 Å². The number of imidazole rings is 1. The summed E-state index contributed by atoms with van der Waals surface area (Å²) < 4.78 is 76.9. The van der Waals surface area contributed by atoms with Gasteiger partial charge in [0.25, 0.3) is 8.87 Å². The third kappa shape index (κ3) is 5.63. The van der Waals surface area contributed by atoms with Crippen molar-refractivity contribution in [2.75, 3.05) is 43.1 Å². The maximum Gasteiger partial charge on any atom is 0.338 e. The van der Waals surface area contributed by atoms with Crippen LogP contribution in [0.3, 0.4) is 0 Å². The molecule has 0 bridgehead atoms. The molecular formula is C19H26ClN5O6S3. The quantitative estimate of drug-likeness (QED) is 0.394. The predicted octanol–water partition coefficient (Wildman–Crippen LogP) is 1.45. The highest BCUT2D eigenvalue weighted by molar-refractivity contribution is 8.67. The van der Waals surface area contributed by atoms with E-state index >= 15 is 0 Å². The fraction of sp³-hybridized carbons (Fsp3) is 0.316. The van der Waals surface area contributed by atoms with Crippen molar-refractivity contribution < 1.29 is 25.3 Å². The van der Waals surface area contributed by atoms with Crippen LogP contribution < -0.4 is 9.62 Å². The molecule has 0 aliphatic rings. The number of fused-ring (bicyclic) bond motifs is 1. The molecule has 0 saturated carbocycles. The van der Waals surface area contributed by atoms with Crippen molar-refractivity contribution >= 4 is 63.0 Å². The Labute approximate surface area is 205 Å². The summed E-state index contributed by atoms with van der Waals surface area (Å²) >= 11 is 0. The Kier molecular flexibility index (Phi) is 8.25. The smallest absolute Gasteiger partial charge is 0.338 e. The fourth-order valence-corrected chi connectivity index (χ4v) is 5.56. The summed E-state index contributed by atoms with van der Waals surface area (Å²) in [6.07, 6.45) is 0.563. The average Bonchev–Trinajstić information content (AvgIpc) is 3.08. The van der Waals surface area contributed by atoms with E-state index in [1.807, 2.05) is 52.5 Å². The Hall–Kier alpha value is -2.39. The lowest BCUT2D eigenvalue weighted by Crippen LogP contribution is -2.35. The van der Waals surface area contributed by atoms with Gasteiger partial charge in [-0.15, -0.1) is 12.4 Å². The number of rotatable bonds is 9. The number of halogens is 1. The van der Waals surface area contributed by atoms with Crippen molar-refractivity contribution in [1.29, 1.82) is 0 Å². The molecule has 15 heteroatoms. The van der Waals surface area contributed by atoms with E-state index in [9.17, 15) is 25.3 Å². The number of anilines is 2. The van der Waals surface area contributed by atoms with Gasteiger partial charge in [0.1, 0.15) is 0 Å². The van der Waals surface area contributed by atoms with Crippen LogP contribution in [-0.4, -0.2) is 72.6 Å². The monoisotopic (exact) mass is 551 g/mol. The van der Waals surface area contributed by atoms with Gasteiger partial charge in [0, 0.05) is 39.9 Å². The molecule has 34 heavy (non-hydrogen) atoms. The van der Waals surface area contributed by atoms with Gasteiger partial charge in [-0.05, 0) is 36.4 Å². The van der Waals surface area contributed by atoms with Crippen LogP contribution in [0.4, 0.5) is 11.6 Å². The molecule has 3 aromatic rings. The van der Waals surface area contributed by atoms with E-state index in [-0.39, 0.29) is 29.5 Å². The van der Waals surface area contributed by atoms with Gasteiger partial charge in [-0.25, -0.2) is 21.8 Å². The van der Waals surface area contributed by atoms with Crippen LogP contribution >= 0.6 is 12.4 Å². The van der Waals surface area contributed by atoms with Crippen molar-refractivity contribution in [1.82, 2.24) is 13.9 Å². The Morgan fingerprint density at radius 2 is 1.50 bits per heavy atom. The van der Waals surface area contributed by atoms with Crippen molar-refractivity contribution in [2.45, 2.75) is 4.90 Å². The van der Waals surface area contributed by atoms with E-state index in [4.69, 9.17) is 0 Å². The van der Waals surface area contributed by atoms with Gasteiger partial charge < -0.3 is 9.47 Å². The Bertz CT molecular complexity index is 1490. The number of nitrogens with one attached hydrogen (secondary N) is 1. The maximum absolute atomic E-state index is 12.9. The second-order valence-electron chi connectivity index (χ2n) is 7.49. The molecule has 0 aliphatic heterocycles. The zero-order valence-corrected chi connectivity index (χ0v) is 22.2. The van der Waals surface area contributed by atoms with Crippen LogP contribution in [0.2, 0.25) is 0 Å². The molecule has 0 saturated heterocycles. The van der Waals surface area contributed by atoms with Gasteiger partial charge in [-0.3, -0.25) is 4.72 Å². The van der Waals surface area contributed by atoms with Crippen LogP contribution in [0.15, 0.2) is 53.4 Å². The molecule has 1 N–H and O–H groups in total. The molecule has 1 aromatic heterocycles. The Morgan fingerprint density at radius 1 is 0.912 bits per heavy atom. The average molecular weight is 552 g/mol. The first-order valence-corrected chi connectivity index (χ1v) is 15.0. The zero-order chi connectivity index (χ0) is 24.6. The molecule has 188 valence electrons. The maximum atomic E-state index is 12.9. The highest BCUT2D eigenvalue weighted by Crippen LogP contribution is 2.21. The molecule has 0 unspecified atom stereocenters. The van der Waals surface area contributed by atoms with E-state index < -0.39 is 27.9 Å². The van der Waals surface area contributed by atoms with Crippen molar-refractivity contribution in [3.63, 3.8) is 0 Å². The van der Waals surface area contributed by atoms with Crippen molar-refractivity contribution in [2.24, 2.45) is 7.05 Å². The fourth-order valence-electron chi connectivity index (χ4n) is 3.08. The number of hydrogen-bond acceptors (Lipinski definition) is 8. The summed E-state index contributed by atoms with van der Waals surface area (Å²) in [5.41, 5.74) is 1.74. The molecule has 2 aromatic carbocycles. The van der Waals surface area contributed by atoms with Gasteiger partial charge in [-0.1, -0.05) is 12.1 Å². The standard InChI is InChI=1S/C19H25N5O6S3.ClH/c1-22(19-20-17-7-5-6-8-18(17)24(19)3)13-14-23(2)32(27,28)16-11-9-15(10-12-16)21-33(29,30)31(4,25)26;/h5-12,21H,13-14H2,1-4H3;1H. The van der Waals surface area contributed by atoms with E-state index in [0.717, 1.165) is 11.0 Å². The number of benzene rings is 2. The number of para-hydroxylation sites is 2. The predicted molar refractivity (Wildman–Crippen MR) is 135 cm³/mol. The van der Waals surface area contributed by atoms with Gasteiger partial charge in [0.05, 0.1) is 22.2 Å². The molecular weight excluding hydrogens is 526 g/mol. The number of sulfonamides is 1. The molecule has 0 atom stereocenters. The Balaban J connectivity index is 0.00000408. The van der Waals surface area contributed by atoms with E-state index in [2.05, 4.69) is 4.98 Å². The minimum atomic E-state index is -4.62. The van der Waals surface area contributed by atoms with E-state index in [0.29, 0.717) is 18.7 Å². The number of likely N-dealkylation sites (N-methyl/N-ethyl adjacent to an activating group) is 2. The molecule has 0 amide bonds. The van der Waals surface area contributed by atoms with Crippen LogP contribution in [0.25, 0.3) is 11.0 Å². The molecule has 0 aliphatic carbocycles. The van der Waals surface area contributed by atoms with E-state index in [1.54, 1.807) is 0 Å². The summed E-state index contributed by atoms with van der Waals surface area (Å²) in [6, 6.07) is 12.5. The first-order valence-electron chi connectivity index (χ1n) is 9.66. The topological polar surface area (TPSA) is 139 Å². The summed E-state index contributed by atoms with van der Waals surface area (Å²) in [5, 5.41) is 0. The van der Waals surface area contributed by atoms with Crippen LogP contribution in [0, 0.1) is 0 Å². The molecule has 1 heterocycles. The van der Waals surface area contributed by atoms with Crippen molar-refractivity contribution in [3.05, 3.63) is 48.5 Å². The second-order valence-corrected chi connectivity index (χ2v) is 15.2. The van der Waals surface area contributed by atoms with Gasteiger partial charge in [-0.2, -0.15) is 12.7 Å². The first-order chi connectivity index (χ1) is 15.2.